The van der Waals surface area contributed by atoms with Crippen molar-refractivity contribution >= 4 is 11.7 Å². The van der Waals surface area contributed by atoms with E-state index in [-0.39, 0.29) is 5.92 Å². The lowest BCUT2D eigenvalue weighted by Gasteiger charge is -2.14. The van der Waals surface area contributed by atoms with E-state index < -0.39 is 0 Å². The Labute approximate surface area is 138 Å². The maximum atomic E-state index is 6.26. The highest BCUT2D eigenvalue weighted by Crippen LogP contribution is 2.36. The van der Waals surface area contributed by atoms with Gasteiger partial charge in [-0.15, -0.1) is 0 Å². The average molecular weight is 307 g/mol. The summed E-state index contributed by atoms with van der Waals surface area (Å²) in [6.07, 6.45) is 23.4. The molecular weight excluding hydrogens is 282 g/mol. The van der Waals surface area contributed by atoms with Gasteiger partial charge in [0.05, 0.1) is 6.04 Å². The zero-order valence-electron chi connectivity index (χ0n) is 13.7. The fourth-order valence-corrected chi connectivity index (χ4v) is 2.91. The minimum Gasteiger partial charge on any atom is -0.387 e. The SMILES string of the molecule is C/C=C/C1CC1N=C(N=C(N)C1C=CC=CC1)C1=CCCC=C1. The van der Waals surface area contributed by atoms with E-state index in [1.807, 2.05) is 6.08 Å². The Morgan fingerprint density at radius 1 is 1.26 bits per heavy atom. The molecule has 23 heavy (non-hydrogen) atoms. The number of hydrogen-bond donors (Lipinski definition) is 1. The molecule has 0 bridgehead atoms. The van der Waals surface area contributed by atoms with Crippen molar-refractivity contribution in [3.63, 3.8) is 0 Å². The van der Waals surface area contributed by atoms with Crippen LogP contribution in [0.25, 0.3) is 0 Å². The van der Waals surface area contributed by atoms with Crippen LogP contribution < -0.4 is 5.73 Å². The van der Waals surface area contributed by atoms with Gasteiger partial charge in [-0.25, -0.2) is 4.99 Å². The van der Waals surface area contributed by atoms with Gasteiger partial charge in [-0.1, -0.05) is 54.7 Å². The van der Waals surface area contributed by atoms with Gasteiger partial charge in [0.1, 0.15) is 5.84 Å². The first kappa shape index (κ1) is 15.7. The van der Waals surface area contributed by atoms with E-state index in [2.05, 4.69) is 55.5 Å². The van der Waals surface area contributed by atoms with Gasteiger partial charge in [0.15, 0.2) is 5.84 Å². The molecule has 120 valence electrons. The third kappa shape index (κ3) is 4.19. The number of nitrogens with two attached hydrogens (primary N) is 1. The van der Waals surface area contributed by atoms with E-state index in [0.717, 1.165) is 37.1 Å². The first-order valence-corrected chi connectivity index (χ1v) is 8.53. The minimum atomic E-state index is 0.184. The largest absolute Gasteiger partial charge is 0.387 e. The van der Waals surface area contributed by atoms with Crippen LogP contribution in [0.3, 0.4) is 0 Å². The topological polar surface area (TPSA) is 50.7 Å². The normalized spacial score (nSPS) is 30.8. The van der Waals surface area contributed by atoms with Crippen molar-refractivity contribution in [2.24, 2.45) is 27.6 Å². The molecule has 3 heteroatoms. The van der Waals surface area contributed by atoms with Crippen molar-refractivity contribution in [1.29, 1.82) is 0 Å². The molecule has 3 aliphatic rings. The fourth-order valence-electron chi connectivity index (χ4n) is 2.91. The summed E-state index contributed by atoms with van der Waals surface area (Å²) in [5.74, 6) is 2.21. The van der Waals surface area contributed by atoms with Gasteiger partial charge < -0.3 is 5.73 Å². The monoisotopic (exact) mass is 307 g/mol. The third-order valence-electron chi connectivity index (χ3n) is 4.38. The lowest BCUT2D eigenvalue weighted by atomic mass is 9.99. The van der Waals surface area contributed by atoms with E-state index in [1.165, 1.54) is 0 Å². The molecule has 0 radical (unpaired) electrons. The molecule has 3 rings (SSSR count). The Balaban J connectivity index is 1.82. The molecule has 0 aromatic heterocycles. The number of rotatable bonds is 4. The molecular formula is C20H25N3. The quantitative estimate of drug-likeness (QED) is 0.474. The van der Waals surface area contributed by atoms with Crippen LogP contribution >= 0.6 is 0 Å². The van der Waals surface area contributed by atoms with E-state index in [1.54, 1.807) is 0 Å². The van der Waals surface area contributed by atoms with Gasteiger partial charge in [-0.3, -0.25) is 4.99 Å². The van der Waals surface area contributed by atoms with Gasteiger partial charge in [0.25, 0.3) is 0 Å². The van der Waals surface area contributed by atoms with Crippen LogP contribution in [0.15, 0.2) is 70.2 Å². The summed E-state index contributed by atoms with van der Waals surface area (Å²) in [6.45, 7) is 2.06. The zero-order chi connectivity index (χ0) is 16.1. The van der Waals surface area contributed by atoms with Gasteiger partial charge in [0, 0.05) is 17.4 Å². The molecule has 0 aliphatic heterocycles. The Kier molecular flexibility index (Phi) is 5.06. The molecule has 3 unspecified atom stereocenters. The summed E-state index contributed by atoms with van der Waals surface area (Å²) >= 11 is 0. The fraction of sp³-hybridized carbons (Fsp3) is 0.400. The van der Waals surface area contributed by atoms with Crippen molar-refractivity contribution in [2.75, 3.05) is 0 Å². The van der Waals surface area contributed by atoms with E-state index in [0.29, 0.717) is 17.8 Å². The molecule has 3 aliphatic carbocycles. The molecule has 3 nitrogen and oxygen atoms in total. The highest BCUT2D eigenvalue weighted by atomic mass is 15.0. The number of hydrogen-bond acceptors (Lipinski definition) is 1. The van der Waals surface area contributed by atoms with Crippen molar-refractivity contribution < 1.29 is 0 Å². The molecule has 0 saturated heterocycles. The molecule has 1 fully saturated rings. The van der Waals surface area contributed by atoms with E-state index in [4.69, 9.17) is 15.7 Å². The summed E-state index contributed by atoms with van der Waals surface area (Å²) in [4.78, 5) is 9.60. The van der Waals surface area contributed by atoms with Crippen LogP contribution in [-0.2, 0) is 0 Å². The smallest absolute Gasteiger partial charge is 0.156 e. The summed E-state index contributed by atoms with van der Waals surface area (Å²) in [5.41, 5.74) is 7.38. The van der Waals surface area contributed by atoms with Crippen LogP contribution in [0.1, 0.15) is 32.6 Å². The second-order valence-electron chi connectivity index (χ2n) is 6.28. The molecule has 0 amide bonds. The molecule has 0 heterocycles. The second-order valence-corrected chi connectivity index (χ2v) is 6.28. The zero-order valence-corrected chi connectivity index (χ0v) is 13.7. The molecule has 1 saturated carbocycles. The second kappa shape index (κ2) is 7.40. The van der Waals surface area contributed by atoms with Gasteiger partial charge in [-0.05, 0) is 32.6 Å². The maximum Gasteiger partial charge on any atom is 0.156 e. The number of aliphatic imine (C=N–C) groups is 2. The van der Waals surface area contributed by atoms with Gasteiger partial charge >= 0.3 is 0 Å². The first-order valence-electron chi connectivity index (χ1n) is 8.53. The number of allylic oxidation sites excluding steroid dienone is 6. The van der Waals surface area contributed by atoms with Crippen molar-refractivity contribution in [3.8, 4) is 0 Å². The molecule has 0 aromatic rings. The predicted molar refractivity (Wildman–Crippen MR) is 98.6 cm³/mol. The van der Waals surface area contributed by atoms with Crippen molar-refractivity contribution in [1.82, 2.24) is 0 Å². The summed E-state index contributed by atoms with van der Waals surface area (Å²) in [6, 6.07) is 0.357. The average Bonchev–Trinajstić information content (AvgIpc) is 3.34. The summed E-state index contributed by atoms with van der Waals surface area (Å²) in [7, 11) is 0. The first-order chi connectivity index (χ1) is 11.3. The number of amidine groups is 2. The Hall–Kier alpha value is -2.16. The summed E-state index contributed by atoms with van der Waals surface area (Å²) < 4.78 is 0. The Morgan fingerprint density at radius 3 is 2.87 bits per heavy atom. The van der Waals surface area contributed by atoms with E-state index in [9.17, 15) is 0 Å². The lowest BCUT2D eigenvalue weighted by molar-refractivity contribution is 0.859. The van der Waals surface area contributed by atoms with Gasteiger partial charge in [-0.2, -0.15) is 0 Å². The third-order valence-corrected chi connectivity index (χ3v) is 4.38. The molecule has 0 aromatic carbocycles. The predicted octanol–water partition coefficient (Wildman–Crippen LogP) is 4.12. The van der Waals surface area contributed by atoms with E-state index >= 15 is 0 Å². The minimum absolute atomic E-state index is 0.184. The highest BCUT2D eigenvalue weighted by Gasteiger charge is 2.35. The maximum absolute atomic E-state index is 6.26. The molecule has 2 N–H and O–H groups in total. The van der Waals surface area contributed by atoms with Gasteiger partial charge in [0.2, 0.25) is 0 Å². The molecule has 3 atom stereocenters. The van der Waals surface area contributed by atoms with Crippen LogP contribution in [0.4, 0.5) is 0 Å². The summed E-state index contributed by atoms with van der Waals surface area (Å²) in [5, 5.41) is 0. The van der Waals surface area contributed by atoms with Crippen molar-refractivity contribution in [3.05, 3.63) is 60.3 Å². The van der Waals surface area contributed by atoms with Crippen LogP contribution in [0.5, 0.6) is 0 Å². The van der Waals surface area contributed by atoms with Crippen LogP contribution in [-0.4, -0.2) is 17.7 Å². The van der Waals surface area contributed by atoms with Crippen LogP contribution in [0.2, 0.25) is 0 Å². The standard InChI is InChI=1S/C20H25N3/c1-2-9-17-14-18(17)22-20(16-12-7-4-8-13-16)23-19(21)15-10-5-3-6-11-15/h2-3,5-7,9-10,12-13,15,17-18H,4,8,11,14H2,1H3,(H2,21,22,23)/b9-2+. The van der Waals surface area contributed by atoms with Crippen molar-refractivity contribution in [2.45, 2.75) is 38.6 Å². The highest BCUT2D eigenvalue weighted by molar-refractivity contribution is 6.08. The lowest BCUT2D eigenvalue weighted by Crippen LogP contribution is -2.24. The number of nitrogens with zero attached hydrogens (tertiary/aromatic N) is 2. The Morgan fingerprint density at radius 2 is 2.17 bits per heavy atom. The van der Waals surface area contributed by atoms with Crippen LogP contribution in [0, 0.1) is 11.8 Å². The molecule has 0 spiro atoms. The Bertz CT molecular complexity index is 644.